The third-order valence-electron chi connectivity index (χ3n) is 5.87. The van der Waals surface area contributed by atoms with Crippen molar-refractivity contribution in [2.45, 2.75) is 37.3 Å². The van der Waals surface area contributed by atoms with Crippen LogP contribution in [0.25, 0.3) is 0 Å². The van der Waals surface area contributed by atoms with Gasteiger partial charge in [0, 0.05) is 6.54 Å². The molecule has 2 fully saturated rings. The molecule has 0 radical (unpaired) electrons. The minimum atomic E-state index is -1.05. The van der Waals surface area contributed by atoms with Gasteiger partial charge in [0.2, 0.25) is 5.91 Å². The summed E-state index contributed by atoms with van der Waals surface area (Å²) in [6.45, 7) is 0.517. The minimum absolute atomic E-state index is 0.133. The number of imide groups is 1. The van der Waals surface area contributed by atoms with Crippen LogP contribution in [0.2, 0.25) is 0 Å². The standard InChI is InChI=1S/C23H24N2O5/c26-21(25-18(15-30-23(25)29)14-16-8-3-1-4-9-16)20(17-10-5-2-6-11-17)19-12-7-13-24(19)22(27)28/h1-6,8-11,18-20H,7,12-15H2,(H,27,28)/t18-,19?,20?/m1/s1. The number of likely N-dealkylation sites (tertiary alicyclic amines) is 1. The van der Waals surface area contributed by atoms with E-state index >= 15 is 0 Å². The molecule has 0 saturated carbocycles. The van der Waals surface area contributed by atoms with Crippen molar-refractivity contribution >= 4 is 18.1 Å². The lowest BCUT2D eigenvalue weighted by atomic mass is 9.88. The Morgan fingerprint density at radius 1 is 1.07 bits per heavy atom. The molecule has 156 valence electrons. The van der Waals surface area contributed by atoms with Crippen molar-refractivity contribution in [3.63, 3.8) is 0 Å². The Bertz CT molecular complexity index is 918. The maximum atomic E-state index is 13.7. The van der Waals surface area contributed by atoms with E-state index in [4.69, 9.17) is 4.74 Å². The predicted molar refractivity (Wildman–Crippen MR) is 109 cm³/mol. The Hall–Kier alpha value is -3.35. The van der Waals surface area contributed by atoms with E-state index < -0.39 is 36.1 Å². The fourth-order valence-electron chi connectivity index (χ4n) is 4.48. The van der Waals surface area contributed by atoms with Crippen LogP contribution in [0.4, 0.5) is 9.59 Å². The number of nitrogens with zero attached hydrogens (tertiary/aromatic N) is 2. The molecule has 2 saturated heterocycles. The molecule has 3 amide bonds. The van der Waals surface area contributed by atoms with E-state index in [2.05, 4.69) is 0 Å². The summed E-state index contributed by atoms with van der Waals surface area (Å²) in [5.41, 5.74) is 1.71. The molecule has 0 bridgehead atoms. The van der Waals surface area contributed by atoms with Crippen LogP contribution in [0, 0.1) is 0 Å². The molecular weight excluding hydrogens is 384 g/mol. The van der Waals surface area contributed by atoms with Crippen LogP contribution in [0.3, 0.4) is 0 Å². The lowest BCUT2D eigenvalue weighted by Crippen LogP contribution is -2.49. The number of carbonyl (C=O) groups excluding carboxylic acids is 2. The zero-order valence-corrected chi connectivity index (χ0v) is 16.5. The van der Waals surface area contributed by atoms with Crippen LogP contribution in [0.5, 0.6) is 0 Å². The van der Waals surface area contributed by atoms with Gasteiger partial charge in [-0.05, 0) is 30.4 Å². The summed E-state index contributed by atoms with van der Waals surface area (Å²) in [7, 11) is 0. The summed E-state index contributed by atoms with van der Waals surface area (Å²) in [4.78, 5) is 40.5. The van der Waals surface area contributed by atoms with Gasteiger partial charge in [0.25, 0.3) is 0 Å². The predicted octanol–water partition coefficient (Wildman–Crippen LogP) is 3.50. The number of amides is 3. The van der Waals surface area contributed by atoms with Gasteiger partial charge in [-0.2, -0.15) is 0 Å². The second-order valence-corrected chi connectivity index (χ2v) is 7.70. The topological polar surface area (TPSA) is 87.2 Å². The quantitative estimate of drug-likeness (QED) is 0.818. The third kappa shape index (κ3) is 3.87. The molecule has 1 N–H and O–H groups in total. The largest absolute Gasteiger partial charge is 0.465 e. The lowest BCUT2D eigenvalue weighted by molar-refractivity contribution is -0.132. The molecule has 3 atom stereocenters. The number of carboxylic acid groups (broad SMARTS) is 1. The second-order valence-electron chi connectivity index (χ2n) is 7.70. The molecule has 30 heavy (non-hydrogen) atoms. The van der Waals surface area contributed by atoms with Crippen molar-refractivity contribution in [2.75, 3.05) is 13.2 Å². The summed E-state index contributed by atoms with van der Waals surface area (Å²) >= 11 is 0. The monoisotopic (exact) mass is 408 g/mol. The van der Waals surface area contributed by atoms with E-state index in [0.717, 1.165) is 5.56 Å². The molecule has 2 heterocycles. The maximum absolute atomic E-state index is 13.7. The first-order chi connectivity index (χ1) is 14.6. The van der Waals surface area contributed by atoms with Crippen molar-refractivity contribution in [1.82, 2.24) is 9.80 Å². The van der Waals surface area contributed by atoms with Gasteiger partial charge in [-0.1, -0.05) is 60.7 Å². The molecule has 0 aromatic heterocycles. The van der Waals surface area contributed by atoms with Gasteiger partial charge >= 0.3 is 12.2 Å². The van der Waals surface area contributed by atoms with Crippen molar-refractivity contribution in [1.29, 1.82) is 0 Å². The zero-order chi connectivity index (χ0) is 21.1. The smallest absolute Gasteiger partial charge is 0.417 e. The number of hydrogen-bond donors (Lipinski definition) is 1. The molecule has 0 aliphatic carbocycles. The van der Waals surface area contributed by atoms with E-state index in [1.54, 1.807) is 0 Å². The normalized spacial score (nSPS) is 22.1. The third-order valence-corrected chi connectivity index (χ3v) is 5.87. The summed E-state index contributed by atoms with van der Waals surface area (Å²) in [6, 6.07) is 17.8. The first-order valence-electron chi connectivity index (χ1n) is 10.1. The van der Waals surface area contributed by atoms with E-state index in [1.807, 2.05) is 60.7 Å². The molecule has 2 aromatic carbocycles. The Balaban J connectivity index is 1.66. The van der Waals surface area contributed by atoms with Crippen LogP contribution >= 0.6 is 0 Å². The van der Waals surface area contributed by atoms with E-state index in [-0.39, 0.29) is 6.61 Å². The molecule has 7 nitrogen and oxygen atoms in total. The van der Waals surface area contributed by atoms with Gasteiger partial charge in [0.15, 0.2) is 0 Å². The zero-order valence-electron chi connectivity index (χ0n) is 16.5. The van der Waals surface area contributed by atoms with E-state index in [9.17, 15) is 19.5 Å². The van der Waals surface area contributed by atoms with Crippen LogP contribution in [0.1, 0.15) is 29.9 Å². The van der Waals surface area contributed by atoms with Gasteiger partial charge in [-0.15, -0.1) is 0 Å². The van der Waals surface area contributed by atoms with Crippen LogP contribution < -0.4 is 0 Å². The lowest BCUT2D eigenvalue weighted by Gasteiger charge is -2.32. The average molecular weight is 408 g/mol. The van der Waals surface area contributed by atoms with Crippen LogP contribution in [-0.2, 0) is 16.0 Å². The first-order valence-corrected chi connectivity index (χ1v) is 10.1. The summed E-state index contributed by atoms with van der Waals surface area (Å²) in [5.74, 6) is -1.16. The number of carbonyl (C=O) groups is 3. The summed E-state index contributed by atoms with van der Waals surface area (Å²) in [6.07, 6.45) is 0.0421. The number of benzene rings is 2. The Morgan fingerprint density at radius 3 is 2.40 bits per heavy atom. The molecule has 7 heteroatoms. The van der Waals surface area contributed by atoms with Crippen molar-refractivity contribution in [2.24, 2.45) is 0 Å². The summed E-state index contributed by atoms with van der Waals surface area (Å²) < 4.78 is 5.23. The van der Waals surface area contributed by atoms with Gasteiger partial charge in [-0.3, -0.25) is 4.79 Å². The molecule has 0 spiro atoms. The highest BCUT2D eigenvalue weighted by atomic mass is 16.6. The second kappa shape index (κ2) is 8.57. The number of cyclic esters (lactones) is 1. The van der Waals surface area contributed by atoms with E-state index in [1.165, 1.54) is 9.80 Å². The van der Waals surface area contributed by atoms with Gasteiger partial charge < -0.3 is 14.7 Å². The fourth-order valence-corrected chi connectivity index (χ4v) is 4.48. The Labute approximate surface area is 174 Å². The number of ether oxygens (including phenoxy) is 1. The van der Waals surface area contributed by atoms with Gasteiger partial charge in [0.1, 0.15) is 6.61 Å². The molecule has 2 aliphatic heterocycles. The number of rotatable bonds is 5. The van der Waals surface area contributed by atoms with Crippen molar-refractivity contribution in [3.05, 3.63) is 71.8 Å². The maximum Gasteiger partial charge on any atom is 0.417 e. The highest BCUT2D eigenvalue weighted by Gasteiger charge is 2.46. The molecule has 2 aromatic rings. The summed E-state index contributed by atoms with van der Waals surface area (Å²) in [5, 5.41) is 9.63. The minimum Gasteiger partial charge on any atom is -0.465 e. The van der Waals surface area contributed by atoms with Gasteiger partial charge in [-0.25, -0.2) is 14.5 Å². The molecule has 4 rings (SSSR count). The molecule has 2 unspecified atom stereocenters. The Kier molecular flexibility index (Phi) is 5.70. The van der Waals surface area contributed by atoms with Crippen molar-refractivity contribution in [3.8, 4) is 0 Å². The number of hydrogen-bond acceptors (Lipinski definition) is 4. The van der Waals surface area contributed by atoms with Crippen LogP contribution in [-0.4, -0.2) is 58.2 Å². The van der Waals surface area contributed by atoms with E-state index in [0.29, 0.717) is 31.4 Å². The van der Waals surface area contributed by atoms with Gasteiger partial charge in [0.05, 0.1) is 18.0 Å². The fraction of sp³-hybridized carbons (Fsp3) is 0.348. The SMILES string of the molecule is O=C(O)N1CCCC1C(C(=O)N1C(=O)OC[C@H]1Cc1ccccc1)c1ccccc1. The highest BCUT2D eigenvalue weighted by molar-refractivity contribution is 5.98. The molecular formula is C23H24N2O5. The average Bonchev–Trinajstić information content (AvgIpc) is 3.37. The first kappa shape index (κ1) is 19.9. The highest BCUT2D eigenvalue weighted by Crippen LogP contribution is 2.34. The molecule has 2 aliphatic rings. The Morgan fingerprint density at radius 2 is 1.73 bits per heavy atom. The van der Waals surface area contributed by atoms with Crippen molar-refractivity contribution < 1.29 is 24.2 Å². The van der Waals surface area contributed by atoms with Crippen LogP contribution in [0.15, 0.2) is 60.7 Å².